The molecule has 0 radical (unpaired) electrons. The van der Waals surface area contributed by atoms with Crippen molar-refractivity contribution in [3.63, 3.8) is 0 Å². The van der Waals surface area contributed by atoms with Crippen LogP contribution in [0.5, 0.6) is 0 Å². The van der Waals surface area contributed by atoms with Crippen LogP contribution in [0.15, 0.2) is 88.2 Å². The van der Waals surface area contributed by atoms with Crippen LogP contribution in [0, 0.1) is 0 Å². The molecule has 1 amide bonds. The number of nitrogens with one attached hydrogen (secondary N) is 1. The zero-order valence-electron chi connectivity index (χ0n) is 14.6. The number of aromatic nitrogens is 1. The minimum absolute atomic E-state index is 0.00745. The zero-order valence-corrected chi connectivity index (χ0v) is 15.4. The predicted octanol–water partition coefficient (Wildman–Crippen LogP) is 5.62. The minimum Gasteiger partial charge on any atom is -0.436 e. The second kappa shape index (κ2) is 8.10. The van der Waals surface area contributed by atoms with Crippen LogP contribution in [-0.2, 0) is 4.79 Å². The summed E-state index contributed by atoms with van der Waals surface area (Å²) in [7, 11) is 0. The van der Waals surface area contributed by atoms with E-state index in [4.69, 9.17) is 4.42 Å². The molecule has 0 atom stereocenters. The average molecular weight is 374 g/mol. The van der Waals surface area contributed by atoms with Gasteiger partial charge in [0, 0.05) is 28.3 Å². The lowest BCUT2D eigenvalue weighted by molar-refractivity contribution is -0.115. The van der Waals surface area contributed by atoms with Crippen molar-refractivity contribution in [1.29, 1.82) is 0 Å². The summed E-state index contributed by atoms with van der Waals surface area (Å²) in [4.78, 5) is 17.8. The Hall–Kier alpha value is -3.05. The molecule has 134 valence electrons. The third kappa shape index (κ3) is 4.38. The number of nitrogens with zero attached hydrogens (tertiary/aromatic N) is 1. The summed E-state index contributed by atoms with van der Waals surface area (Å²) in [6, 6.07) is 25.3. The summed E-state index contributed by atoms with van der Waals surface area (Å²) in [5, 5.41) is 2.93. The van der Waals surface area contributed by atoms with Gasteiger partial charge in [0.25, 0.3) is 0 Å². The number of anilines is 1. The van der Waals surface area contributed by atoms with Crippen LogP contribution < -0.4 is 5.32 Å². The van der Waals surface area contributed by atoms with Crippen LogP contribution in [0.3, 0.4) is 0 Å². The van der Waals surface area contributed by atoms with Gasteiger partial charge in [-0.3, -0.25) is 4.79 Å². The first-order chi connectivity index (χ1) is 13.3. The number of hydrogen-bond acceptors (Lipinski definition) is 4. The van der Waals surface area contributed by atoms with Crippen molar-refractivity contribution in [2.24, 2.45) is 0 Å². The fourth-order valence-electron chi connectivity index (χ4n) is 2.69. The first-order valence-corrected chi connectivity index (χ1v) is 9.70. The van der Waals surface area contributed by atoms with Crippen molar-refractivity contribution >= 4 is 34.5 Å². The third-order valence-corrected chi connectivity index (χ3v) is 5.06. The Bertz CT molecular complexity index is 1010. The van der Waals surface area contributed by atoms with E-state index in [1.54, 1.807) is 11.8 Å². The van der Waals surface area contributed by atoms with Gasteiger partial charge < -0.3 is 9.73 Å². The number of para-hydroxylation sites is 2. The predicted molar refractivity (Wildman–Crippen MR) is 110 cm³/mol. The highest BCUT2D eigenvalue weighted by Gasteiger charge is 2.08. The molecule has 0 fully saturated rings. The van der Waals surface area contributed by atoms with Crippen LogP contribution in [0.25, 0.3) is 22.6 Å². The van der Waals surface area contributed by atoms with Gasteiger partial charge in [0.2, 0.25) is 11.8 Å². The molecule has 0 saturated heterocycles. The molecule has 1 heterocycles. The van der Waals surface area contributed by atoms with Crippen molar-refractivity contribution in [3.05, 3.63) is 78.9 Å². The lowest BCUT2D eigenvalue weighted by Crippen LogP contribution is -2.12. The maximum Gasteiger partial charge on any atom is 0.227 e. The maximum atomic E-state index is 12.1. The summed E-state index contributed by atoms with van der Waals surface area (Å²) in [6.45, 7) is 0. The molecule has 5 heteroatoms. The molecule has 1 aromatic heterocycles. The van der Waals surface area contributed by atoms with Gasteiger partial charge in [-0.2, -0.15) is 0 Å². The largest absolute Gasteiger partial charge is 0.436 e. The van der Waals surface area contributed by atoms with Gasteiger partial charge in [0.05, 0.1) is 0 Å². The fourth-order valence-corrected chi connectivity index (χ4v) is 3.57. The molecule has 4 aromatic rings. The second-order valence-electron chi connectivity index (χ2n) is 6.02. The first kappa shape index (κ1) is 17.4. The van der Waals surface area contributed by atoms with Gasteiger partial charge in [-0.25, -0.2) is 4.98 Å². The molecule has 4 nitrogen and oxygen atoms in total. The van der Waals surface area contributed by atoms with Crippen LogP contribution in [0.2, 0.25) is 0 Å². The molecule has 0 aliphatic rings. The van der Waals surface area contributed by atoms with E-state index in [9.17, 15) is 4.79 Å². The monoisotopic (exact) mass is 374 g/mol. The van der Waals surface area contributed by atoms with Crippen molar-refractivity contribution in [2.75, 3.05) is 11.1 Å². The van der Waals surface area contributed by atoms with Crippen molar-refractivity contribution in [1.82, 2.24) is 4.98 Å². The van der Waals surface area contributed by atoms with Crippen LogP contribution >= 0.6 is 11.8 Å². The van der Waals surface area contributed by atoms with E-state index in [0.29, 0.717) is 12.3 Å². The van der Waals surface area contributed by atoms with Gasteiger partial charge in [-0.1, -0.05) is 30.3 Å². The van der Waals surface area contributed by atoms with Gasteiger partial charge in [0.15, 0.2) is 5.58 Å². The Morgan fingerprint density at radius 3 is 2.44 bits per heavy atom. The van der Waals surface area contributed by atoms with E-state index in [2.05, 4.69) is 10.3 Å². The average Bonchev–Trinajstić information content (AvgIpc) is 3.13. The highest BCUT2D eigenvalue weighted by molar-refractivity contribution is 7.99. The Morgan fingerprint density at radius 1 is 0.926 bits per heavy atom. The van der Waals surface area contributed by atoms with Gasteiger partial charge in [-0.05, 0) is 48.5 Å². The zero-order chi connectivity index (χ0) is 18.5. The molecule has 0 aliphatic heterocycles. The van der Waals surface area contributed by atoms with E-state index in [-0.39, 0.29) is 5.91 Å². The molecular formula is C22H18N2O2S. The smallest absolute Gasteiger partial charge is 0.227 e. The number of carbonyl (C=O) groups is 1. The van der Waals surface area contributed by atoms with E-state index in [1.807, 2.05) is 78.9 Å². The highest BCUT2D eigenvalue weighted by Crippen LogP contribution is 2.25. The van der Waals surface area contributed by atoms with Gasteiger partial charge >= 0.3 is 0 Å². The van der Waals surface area contributed by atoms with Gasteiger partial charge in [-0.15, -0.1) is 11.8 Å². The number of rotatable bonds is 6. The second-order valence-corrected chi connectivity index (χ2v) is 7.19. The van der Waals surface area contributed by atoms with Gasteiger partial charge in [0.1, 0.15) is 5.52 Å². The van der Waals surface area contributed by atoms with Crippen molar-refractivity contribution in [2.45, 2.75) is 11.3 Å². The molecule has 27 heavy (non-hydrogen) atoms. The normalized spacial score (nSPS) is 10.8. The third-order valence-electron chi connectivity index (χ3n) is 4.05. The molecule has 0 aliphatic carbocycles. The molecule has 3 aromatic carbocycles. The number of fused-ring (bicyclic) bond motifs is 1. The van der Waals surface area contributed by atoms with Crippen LogP contribution in [0.1, 0.15) is 6.42 Å². The quantitative estimate of drug-likeness (QED) is 0.445. The topological polar surface area (TPSA) is 55.1 Å². The van der Waals surface area contributed by atoms with Crippen LogP contribution in [-0.4, -0.2) is 16.6 Å². The molecule has 0 unspecified atom stereocenters. The highest BCUT2D eigenvalue weighted by atomic mass is 32.2. The Balaban J connectivity index is 1.34. The summed E-state index contributed by atoms with van der Waals surface area (Å²) < 4.78 is 5.77. The molecule has 0 spiro atoms. The summed E-state index contributed by atoms with van der Waals surface area (Å²) in [5.74, 6) is 1.33. The Morgan fingerprint density at radius 2 is 1.67 bits per heavy atom. The number of benzene rings is 3. The van der Waals surface area contributed by atoms with Crippen molar-refractivity contribution in [3.8, 4) is 11.5 Å². The number of amides is 1. The maximum absolute atomic E-state index is 12.1. The van der Waals surface area contributed by atoms with Crippen LogP contribution in [0.4, 0.5) is 5.69 Å². The van der Waals surface area contributed by atoms with E-state index < -0.39 is 0 Å². The molecule has 1 N–H and O–H groups in total. The fraction of sp³-hybridized carbons (Fsp3) is 0.0909. The summed E-state index contributed by atoms with van der Waals surface area (Å²) in [5.41, 5.74) is 3.25. The number of carbonyl (C=O) groups excluding carboxylic acids is 1. The van der Waals surface area contributed by atoms with E-state index in [1.165, 1.54) is 4.90 Å². The Labute approximate surface area is 161 Å². The van der Waals surface area contributed by atoms with E-state index in [0.717, 1.165) is 28.1 Å². The number of oxazole rings is 1. The lowest BCUT2D eigenvalue weighted by atomic mass is 10.2. The minimum atomic E-state index is 0.00745. The van der Waals surface area contributed by atoms with Crippen molar-refractivity contribution < 1.29 is 9.21 Å². The Kier molecular flexibility index (Phi) is 5.21. The molecular weight excluding hydrogens is 356 g/mol. The summed E-state index contributed by atoms with van der Waals surface area (Å²) in [6.07, 6.45) is 0.465. The SMILES string of the molecule is O=C(CCSc1ccccc1)Nc1ccc(-c2nc3ccccc3o2)cc1. The first-order valence-electron chi connectivity index (χ1n) is 8.72. The molecule has 4 rings (SSSR count). The lowest BCUT2D eigenvalue weighted by Gasteiger charge is -2.06. The van der Waals surface area contributed by atoms with E-state index >= 15 is 0 Å². The molecule has 0 saturated carbocycles. The number of thioether (sulfide) groups is 1. The standard InChI is InChI=1S/C22H18N2O2S/c25-21(14-15-27-18-6-2-1-3-7-18)23-17-12-10-16(11-13-17)22-24-19-8-4-5-9-20(19)26-22/h1-13H,14-15H2,(H,23,25). The molecule has 0 bridgehead atoms. The number of hydrogen-bond donors (Lipinski definition) is 1. The summed E-state index contributed by atoms with van der Waals surface area (Å²) >= 11 is 1.68.